The molecule has 32 heavy (non-hydrogen) atoms. The van der Waals surface area contributed by atoms with Crippen molar-refractivity contribution in [1.29, 1.82) is 0 Å². The molecule has 4 rings (SSSR count). The number of unbranched alkanes of at least 4 members (excludes halogenated alkanes) is 1. The lowest BCUT2D eigenvalue weighted by molar-refractivity contribution is 0.238. The molecule has 0 N–H and O–H groups in total. The lowest BCUT2D eigenvalue weighted by Gasteiger charge is -2.36. The number of pyridine rings is 1. The molecule has 1 aromatic heterocycles. The predicted molar refractivity (Wildman–Crippen MR) is 133 cm³/mol. The molecular weight excluding hydrogens is 422 g/mol. The van der Waals surface area contributed by atoms with Crippen LogP contribution in [0.3, 0.4) is 0 Å². The maximum absolute atomic E-state index is 12.1. The van der Waals surface area contributed by atoms with E-state index >= 15 is 0 Å². The molecule has 170 valence electrons. The number of piperazine rings is 1. The standard InChI is InChI=1S/C26H32ClN3O2/c1-3-30-24-19-22(11-9-21(24)10-12-25(30)31)32-18-5-4-13-28-14-16-29(17-15-28)23-8-6-7-20(2)26(23)27/h6-12,19H,3-5,13-18H2,1-2H3. The fraction of sp³-hybridized carbons (Fsp3) is 0.423. The van der Waals surface area contributed by atoms with E-state index in [2.05, 4.69) is 34.9 Å². The maximum atomic E-state index is 12.1. The van der Waals surface area contributed by atoms with Crippen LogP contribution in [0.25, 0.3) is 10.9 Å². The van der Waals surface area contributed by atoms with Crippen molar-refractivity contribution < 1.29 is 4.74 Å². The van der Waals surface area contributed by atoms with Gasteiger partial charge in [0.15, 0.2) is 0 Å². The Bertz CT molecular complexity index is 1120. The van der Waals surface area contributed by atoms with Crippen LogP contribution in [0, 0.1) is 6.92 Å². The van der Waals surface area contributed by atoms with Crippen LogP contribution in [0.5, 0.6) is 5.75 Å². The van der Waals surface area contributed by atoms with Gasteiger partial charge in [-0.2, -0.15) is 0 Å². The molecular formula is C26H32ClN3O2. The quantitative estimate of drug-likeness (QED) is 0.451. The van der Waals surface area contributed by atoms with E-state index in [1.807, 2.05) is 31.2 Å². The Morgan fingerprint density at radius 2 is 1.78 bits per heavy atom. The zero-order chi connectivity index (χ0) is 22.5. The van der Waals surface area contributed by atoms with Crippen LogP contribution in [0.2, 0.25) is 5.02 Å². The Hall–Kier alpha value is -2.50. The van der Waals surface area contributed by atoms with Crippen molar-refractivity contribution in [2.24, 2.45) is 0 Å². The molecule has 3 aromatic rings. The number of benzene rings is 2. The first-order valence-electron chi connectivity index (χ1n) is 11.6. The lowest BCUT2D eigenvalue weighted by atomic mass is 10.2. The third-order valence-corrected chi connectivity index (χ3v) is 6.79. The van der Waals surface area contributed by atoms with Gasteiger partial charge >= 0.3 is 0 Å². The van der Waals surface area contributed by atoms with Gasteiger partial charge in [-0.15, -0.1) is 0 Å². The van der Waals surface area contributed by atoms with Gasteiger partial charge in [-0.05, 0) is 68.4 Å². The van der Waals surface area contributed by atoms with Crippen molar-refractivity contribution in [3.63, 3.8) is 0 Å². The summed E-state index contributed by atoms with van der Waals surface area (Å²) in [5, 5.41) is 1.94. The summed E-state index contributed by atoms with van der Waals surface area (Å²) in [6.45, 7) is 10.6. The number of fused-ring (bicyclic) bond motifs is 1. The molecule has 0 radical (unpaired) electrons. The SMILES string of the molecule is CCn1c(=O)ccc2ccc(OCCCCN3CCN(c4cccc(C)c4Cl)CC3)cc21. The highest BCUT2D eigenvalue weighted by molar-refractivity contribution is 6.34. The molecule has 1 aliphatic rings. The number of aryl methyl sites for hydroxylation is 2. The van der Waals surface area contributed by atoms with Crippen LogP contribution in [-0.4, -0.2) is 48.8 Å². The number of ether oxygens (including phenoxy) is 1. The second-order valence-electron chi connectivity index (χ2n) is 8.43. The largest absolute Gasteiger partial charge is 0.494 e. The highest BCUT2D eigenvalue weighted by Gasteiger charge is 2.19. The number of aromatic nitrogens is 1. The van der Waals surface area contributed by atoms with E-state index in [4.69, 9.17) is 16.3 Å². The first-order valence-corrected chi connectivity index (χ1v) is 11.9. The Morgan fingerprint density at radius 3 is 2.56 bits per heavy atom. The van der Waals surface area contributed by atoms with E-state index in [-0.39, 0.29) is 5.56 Å². The van der Waals surface area contributed by atoms with Gasteiger partial charge < -0.3 is 14.2 Å². The summed E-state index contributed by atoms with van der Waals surface area (Å²) >= 11 is 6.50. The van der Waals surface area contributed by atoms with Crippen molar-refractivity contribution in [3.8, 4) is 5.75 Å². The first kappa shape index (κ1) is 22.7. The van der Waals surface area contributed by atoms with E-state index in [1.165, 1.54) is 0 Å². The summed E-state index contributed by atoms with van der Waals surface area (Å²) < 4.78 is 7.77. The summed E-state index contributed by atoms with van der Waals surface area (Å²) in [6, 6.07) is 15.8. The number of hydrogen-bond donors (Lipinski definition) is 0. The van der Waals surface area contributed by atoms with Gasteiger partial charge in [-0.3, -0.25) is 9.69 Å². The monoisotopic (exact) mass is 453 g/mol. The number of rotatable bonds is 8. The molecule has 1 saturated heterocycles. The lowest BCUT2D eigenvalue weighted by Crippen LogP contribution is -2.46. The zero-order valence-electron chi connectivity index (χ0n) is 19.0. The van der Waals surface area contributed by atoms with Gasteiger partial charge in [0.2, 0.25) is 0 Å². The zero-order valence-corrected chi connectivity index (χ0v) is 19.8. The minimum atomic E-state index is 0.0296. The van der Waals surface area contributed by atoms with Gasteiger partial charge in [0.25, 0.3) is 5.56 Å². The van der Waals surface area contributed by atoms with E-state index in [0.717, 1.165) is 78.5 Å². The molecule has 0 amide bonds. The Kier molecular flexibility index (Phi) is 7.38. The highest BCUT2D eigenvalue weighted by Crippen LogP contribution is 2.29. The molecule has 0 bridgehead atoms. The normalized spacial score (nSPS) is 14.8. The summed E-state index contributed by atoms with van der Waals surface area (Å²) in [6.07, 6.45) is 2.12. The predicted octanol–water partition coefficient (Wildman–Crippen LogP) is 4.96. The van der Waals surface area contributed by atoms with Crippen LogP contribution in [0.1, 0.15) is 25.3 Å². The van der Waals surface area contributed by atoms with E-state index in [9.17, 15) is 4.79 Å². The Morgan fingerprint density at radius 1 is 1.00 bits per heavy atom. The molecule has 1 fully saturated rings. The van der Waals surface area contributed by atoms with E-state index < -0.39 is 0 Å². The summed E-state index contributed by atoms with van der Waals surface area (Å²) in [7, 11) is 0. The van der Waals surface area contributed by atoms with Gasteiger partial charge in [0.1, 0.15) is 5.75 Å². The average molecular weight is 454 g/mol. The maximum Gasteiger partial charge on any atom is 0.251 e. The minimum Gasteiger partial charge on any atom is -0.494 e. The molecule has 0 spiro atoms. The molecule has 1 aliphatic heterocycles. The third-order valence-electron chi connectivity index (χ3n) is 6.30. The number of nitrogens with zero attached hydrogens (tertiary/aromatic N) is 3. The molecule has 2 aromatic carbocycles. The molecule has 0 aliphatic carbocycles. The third kappa shape index (κ3) is 5.11. The van der Waals surface area contributed by atoms with E-state index in [0.29, 0.717) is 13.2 Å². The highest BCUT2D eigenvalue weighted by atomic mass is 35.5. The van der Waals surface area contributed by atoms with Crippen LogP contribution in [-0.2, 0) is 6.54 Å². The van der Waals surface area contributed by atoms with Crippen LogP contribution in [0.4, 0.5) is 5.69 Å². The molecule has 0 unspecified atom stereocenters. The summed E-state index contributed by atoms with van der Waals surface area (Å²) in [4.78, 5) is 17.0. The number of hydrogen-bond acceptors (Lipinski definition) is 4. The van der Waals surface area contributed by atoms with Crippen molar-refractivity contribution in [2.45, 2.75) is 33.2 Å². The fourth-order valence-corrected chi connectivity index (χ4v) is 4.65. The number of halogens is 1. The van der Waals surface area contributed by atoms with Crippen molar-refractivity contribution in [1.82, 2.24) is 9.47 Å². The van der Waals surface area contributed by atoms with Crippen molar-refractivity contribution in [2.75, 3.05) is 44.2 Å². The van der Waals surface area contributed by atoms with Gasteiger partial charge in [0, 0.05) is 44.9 Å². The van der Waals surface area contributed by atoms with Crippen LogP contribution < -0.4 is 15.2 Å². The topological polar surface area (TPSA) is 37.7 Å². The molecule has 0 saturated carbocycles. The fourth-order valence-electron chi connectivity index (χ4n) is 4.40. The van der Waals surface area contributed by atoms with Crippen LogP contribution in [0.15, 0.2) is 53.3 Å². The van der Waals surface area contributed by atoms with Crippen molar-refractivity contribution in [3.05, 3.63) is 69.5 Å². The average Bonchev–Trinajstić information content (AvgIpc) is 2.81. The van der Waals surface area contributed by atoms with Crippen molar-refractivity contribution >= 4 is 28.2 Å². The Labute approximate surface area is 195 Å². The molecule has 6 heteroatoms. The van der Waals surface area contributed by atoms with Gasteiger partial charge in [0.05, 0.1) is 22.8 Å². The summed E-state index contributed by atoms with van der Waals surface area (Å²) in [5.74, 6) is 0.828. The van der Waals surface area contributed by atoms with Crippen LogP contribution >= 0.6 is 11.6 Å². The molecule has 0 atom stereocenters. The van der Waals surface area contributed by atoms with Gasteiger partial charge in [-0.1, -0.05) is 23.7 Å². The Balaban J connectivity index is 1.21. The second-order valence-corrected chi connectivity index (χ2v) is 8.81. The van der Waals surface area contributed by atoms with Gasteiger partial charge in [-0.25, -0.2) is 0 Å². The molecule has 2 heterocycles. The number of anilines is 1. The molecule has 5 nitrogen and oxygen atoms in total. The first-order chi connectivity index (χ1) is 15.6. The minimum absolute atomic E-state index is 0.0296. The smallest absolute Gasteiger partial charge is 0.251 e. The van der Waals surface area contributed by atoms with E-state index in [1.54, 1.807) is 10.6 Å². The second kappa shape index (κ2) is 10.4. The summed E-state index contributed by atoms with van der Waals surface area (Å²) in [5.41, 5.74) is 3.26.